The summed E-state index contributed by atoms with van der Waals surface area (Å²) < 4.78 is 20.2. The largest absolute Gasteiger partial charge is 0.444 e. The monoisotopic (exact) mass is 378 g/mol. The van der Waals surface area contributed by atoms with Crippen LogP contribution in [0.2, 0.25) is 0 Å². The number of thioether (sulfide) groups is 1. The van der Waals surface area contributed by atoms with E-state index in [-0.39, 0.29) is 17.7 Å². The molecule has 3 fully saturated rings. The third-order valence-electron chi connectivity index (χ3n) is 5.45. The number of amides is 1. The Bertz CT molecular complexity index is 713. The quantitative estimate of drug-likeness (QED) is 0.783. The Hall–Kier alpha value is -1.76. The molecule has 1 aromatic carbocycles. The molecule has 0 spiro atoms. The summed E-state index contributed by atoms with van der Waals surface area (Å²) in [5.41, 5.74) is 1.16. The number of carbonyl (C=O) groups is 2. The maximum atomic E-state index is 14.9. The number of Topliss-reactive ketones (excluding diaryl/α,β-unsaturated/α-hetero) is 1. The lowest BCUT2D eigenvalue weighted by atomic mass is 10.1. The molecule has 0 radical (unpaired) electrons. The number of hydrogen-bond donors (Lipinski definition) is 0. The lowest BCUT2D eigenvalue weighted by Crippen LogP contribution is -2.43. The first-order valence-electron chi connectivity index (χ1n) is 9.16. The van der Waals surface area contributed by atoms with E-state index in [1.807, 2.05) is 11.8 Å². The highest BCUT2D eigenvalue weighted by molar-refractivity contribution is 7.99. The van der Waals surface area contributed by atoms with Crippen LogP contribution in [-0.4, -0.2) is 48.1 Å². The number of hydrogen-bond acceptors (Lipinski definition) is 5. The number of benzene rings is 1. The maximum Gasteiger partial charge on any atom is 0.414 e. The Morgan fingerprint density at radius 3 is 2.69 bits per heavy atom. The van der Waals surface area contributed by atoms with E-state index < -0.39 is 6.09 Å². The average Bonchev–Trinajstić information content (AvgIpc) is 3.09. The van der Waals surface area contributed by atoms with E-state index >= 15 is 0 Å². The standard InChI is InChI=1S/C19H23FN2O3S/c1-12(23)2-6-16-9-21(19(24)25-16)13-5-7-18(17(20)8-13)22-14-3-4-15(22)11-26-10-14/h5,7-8,14-16H,2-4,6,9-11H2,1H3/t14?,15?,16-/m0/s1. The van der Waals surface area contributed by atoms with Gasteiger partial charge in [-0.1, -0.05) is 0 Å². The van der Waals surface area contributed by atoms with Crippen LogP contribution in [0.15, 0.2) is 18.2 Å². The lowest BCUT2D eigenvalue weighted by molar-refractivity contribution is -0.117. The Morgan fingerprint density at radius 1 is 1.31 bits per heavy atom. The maximum absolute atomic E-state index is 14.9. The van der Waals surface area contributed by atoms with Gasteiger partial charge in [0.1, 0.15) is 17.7 Å². The Labute approximate surface area is 156 Å². The minimum Gasteiger partial charge on any atom is -0.444 e. The molecular formula is C19H23FN2O3S. The summed E-state index contributed by atoms with van der Waals surface area (Å²) in [6.45, 7) is 1.88. The van der Waals surface area contributed by atoms with Gasteiger partial charge in [0.2, 0.25) is 0 Å². The highest BCUT2D eigenvalue weighted by Gasteiger charge is 2.38. The van der Waals surface area contributed by atoms with E-state index in [9.17, 15) is 14.0 Å². The first kappa shape index (κ1) is 17.6. The van der Waals surface area contributed by atoms with Crippen molar-refractivity contribution in [1.29, 1.82) is 0 Å². The normalized spacial score (nSPS) is 27.8. The summed E-state index contributed by atoms with van der Waals surface area (Å²) in [5.74, 6) is 1.89. The van der Waals surface area contributed by atoms with Crippen molar-refractivity contribution in [2.75, 3.05) is 27.9 Å². The van der Waals surface area contributed by atoms with E-state index in [0.29, 0.717) is 42.8 Å². The molecule has 0 N–H and O–H groups in total. The summed E-state index contributed by atoms with van der Waals surface area (Å²) >= 11 is 1.95. The van der Waals surface area contributed by atoms with E-state index in [1.165, 1.54) is 17.9 Å². The van der Waals surface area contributed by atoms with Crippen LogP contribution in [0.1, 0.15) is 32.6 Å². The van der Waals surface area contributed by atoms with Crippen molar-refractivity contribution in [3.63, 3.8) is 0 Å². The molecule has 3 aliphatic heterocycles. The summed E-state index contributed by atoms with van der Waals surface area (Å²) in [5, 5.41) is 0. The zero-order valence-electron chi connectivity index (χ0n) is 14.8. The van der Waals surface area contributed by atoms with Crippen LogP contribution in [0.25, 0.3) is 0 Å². The summed E-state index contributed by atoms with van der Waals surface area (Å²) in [6, 6.07) is 5.85. The van der Waals surface area contributed by atoms with Gasteiger partial charge in [-0.25, -0.2) is 9.18 Å². The van der Waals surface area contributed by atoms with Crippen molar-refractivity contribution in [3.8, 4) is 0 Å². The van der Waals surface area contributed by atoms with Gasteiger partial charge in [0.15, 0.2) is 0 Å². The fourth-order valence-corrected chi connectivity index (χ4v) is 5.48. The highest BCUT2D eigenvalue weighted by Crippen LogP contribution is 2.40. The Balaban J connectivity index is 1.49. The molecule has 0 aliphatic carbocycles. The fraction of sp³-hybridized carbons (Fsp3) is 0.579. The van der Waals surface area contributed by atoms with Crippen molar-refractivity contribution in [2.45, 2.75) is 50.8 Å². The predicted octanol–water partition coefficient (Wildman–Crippen LogP) is 3.60. The summed E-state index contributed by atoms with van der Waals surface area (Å²) in [6.07, 6.45) is 2.34. The van der Waals surface area contributed by atoms with Gasteiger partial charge in [0, 0.05) is 30.0 Å². The van der Waals surface area contributed by atoms with Crippen LogP contribution in [0.4, 0.5) is 20.6 Å². The molecule has 2 unspecified atom stereocenters. The minimum atomic E-state index is -0.472. The number of rotatable bonds is 5. The van der Waals surface area contributed by atoms with E-state index in [4.69, 9.17) is 4.74 Å². The average molecular weight is 378 g/mol. The van der Waals surface area contributed by atoms with Crippen molar-refractivity contribution in [3.05, 3.63) is 24.0 Å². The molecule has 5 nitrogen and oxygen atoms in total. The molecule has 0 saturated carbocycles. The van der Waals surface area contributed by atoms with Gasteiger partial charge < -0.3 is 14.4 Å². The molecule has 3 heterocycles. The number of fused-ring (bicyclic) bond motifs is 2. The van der Waals surface area contributed by atoms with Crippen molar-refractivity contribution in [1.82, 2.24) is 0 Å². The number of carbonyl (C=O) groups excluding carboxylic acids is 2. The SMILES string of the molecule is CC(=O)CC[C@H]1CN(c2ccc(N3C4CCC3CSC4)c(F)c2)C(=O)O1. The van der Waals surface area contributed by atoms with E-state index in [2.05, 4.69) is 4.90 Å². The lowest BCUT2D eigenvalue weighted by Gasteiger charge is -2.36. The second kappa shape index (κ2) is 7.10. The molecule has 2 bridgehead atoms. The number of cyclic esters (lactones) is 1. The van der Waals surface area contributed by atoms with E-state index in [1.54, 1.807) is 12.1 Å². The number of nitrogens with zero attached hydrogens (tertiary/aromatic N) is 2. The highest BCUT2D eigenvalue weighted by atomic mass is 32.2. The Morgan fingerprint density at radius 2 is 2.04 bits per heavy atom. The first-order valence-corrected chi connectivity index (χ1v) is 10.3. The zero-order valence-corrected chi connectivity index (χ0v) is 15.6. The predicted molar refractivity (Wildman–Crippen MR) is 101 cm³/mol. The molecule has 4 rings (SSSR count). The summed E-state index contributed by atoms with van der Waals surface area (Å²) in [7, 11) is 0. The topological polar surface area (TPSA) is 49.9 Å². The first-order chi connectivity index (χ1) is 12.5. The van der Waals surface area contributed by atoms with Gasteiger partial charge in [-0.15, -0.1) is 0 Å². The van der Waals surface area contributed by atoms with Crippen LogP contribution in [-0.2, 0) is 9.53 Å². The molecule has 3 saturated heterocycles. The number of ether oxygens (including phenoxy) is 1. The van der Waals surface area contributed by atoms with Crippen LogP contribution in [0.3, 0.4) is 0 Å². The minimum absolute atomic E-state index is 0.0734. The molecule has 3 atom stereocenters. The van der Waals surface area contributed by atoms with Crippen molar-refractivity contribution in [2.24, 2.45) is 0 Å². The summed E-state index contributed by atoms with van der Waals surface area (Å²) in [4.78, 5) is 26.9. The van der Waals surface area contributed by atoms with Gasteiger partial charge in [-0.3, -0.25) is 4.90 Å². The third kappa shape index (κ3) is 3.29. The molecule has 26 heavy (non-hydrogen) atoms. The van der Waals surface area contributed by atoms with Crippen molar-refractivity contribution < 1.29 is 18.7 Å². The number of halogens is 1. The van der Waals surface area contributed by atoms with Crippen LogP contribution >= 0.6 is 11.8 Å². The molecular weight excluding hydrogens is 355 g/mol. The molecule has 140 valence electrons. The molecule has 7 heteroatoms. The molecule has 3 aliphatic rings. The van der Waals surface area contributed by atoms with Gasteiger partial charge >= 0.3 is 6.09 Å². The van der Waals surface area contributed by atoms with Crippen LogP contribution in [0.5, 0.6) is 0 Å². The second-order valence-corrected chi connectivity index (χ2v) is 8.40. The van der Waals surface area contributed by atoms with Gasteiger partial charge in [-0.05, 0) is 44.4 Å². The van der Waals surface area contributed by atoms with Crippen LogP contribution < -0.4 is 9.80 Å². The molecule has 1 amide bonds. The zero-order chi connectivity index (χ0) is 18.3. The van der Waals surface area contributed by atoms with Gasteiger partial charge in [0.05, 0.1) is 17.9 Å². The van der Waals surface area contributed by atoms with Gasteiger partial charge in [-0.2, -0.15) is 11.8 Å². The van der Waals surface area contributed by atoms with E-state index in [0.717, 1.165) is 24.3 Å². The third-order valence-corrected chi connectivity index (χ3v) is 6.69. The van der Waals surface area contributed by atoms with Gasteiger partial charge in [0.25, 0.3) is 0 Å². The molecule has 0 aromatic heterocycles. The second-order valence-electron chi connectivity index (χ2n) is 7.32. The smallest absolute Gasteiger partial charge is 0.414 e. The number of ketones is 1. The van der Waals surface area contributed by atoms with Crippen molar-refractivity contribution >= 4 is 35.0 Å². The fourth-order valence-electron chi connectivity index (χ4n) is 4.14. The Kier molecular flexibility index (Phi) is 4.82. The van der Waals surface area contributed by atoms with Crippen LogP contribution in [0, 0.1) is 5.82 Å². The molecule has 1 aromatic rings. The number of anilines is 2.